The molecule has 1 aliphatic rings. The van der Waals surface area contributed by atoms with Gasteiger partial charge in [-0.3, -0.25) is 4.90 Å². The third-order valence-electron chi connectivity index (χ3n) is 5.97. The summed E-state index contributed by atoms with van der Waals surface area (Å²) < 4.78 is 17.4. The first-order valence-electron chi connectivity index (χ1n) is 11.6. The molecule has 6 heteroatoms. The van der Waals surface area contributed by atoms with Crippen LogP contribution >= 0.6 is 11.6 Å². The van der Waals surface area contributed by atoms with Gasteiger partial charge in [-0.15, -0.1) is 0 Å². The van der Waals surface area contributed by atoms with Gasteiger partial charge in [0.1, 0.15) is 12.4 Å². The minimum absolute atomic E-state index is 0.663. The van der Waals surface area contributed by atoms with Crippen LogP contribution in [0.25, 0.3) is 0 Å². The Balaban J connectivity index is 1.39. The molecule has 5 nitrogen and oxygen atoms in total. The molecular weight excluding hydrogens is 424 g/mol. The molecule has 3 rings (SSSR count). The standard InChI is InChI=1S/C26H37ClN2O3/c1-21-10-13-29(14-11-21)15-17-32-25-9-8-22(18-26(25)30-3)20-28(2)12-5-16-31-24-7-4-6-23(27)19-24/h4,6-9,18-19,21H,5,10-17,20H2,1-3H3. The quantitative estimate of drug-likeness (QED) is 0.398. The fourth-order valence-corrected chi connectivity index (χ4v) is 4.15. The molecule has 0 amide bonds. The molecule has 0 aromatic heterocycles. The van der Waals surface area contributed by atoms with Crippen LogP contribution in [0.5, 0.6) is 17.2 Å². The van der Waals surface area contributed by atoms with Crippen LogP contribution in [0.2, 0.25) is 5.02 Å². The van der Waals surface area contributed by atoms with E-state index in [1.165, 1.54) is 31.5 Å². The Kier molecular flexibility index (Phi) is 9.97. The average Bonchev–Trinajstić information content (AvgIpc) is 2.79. The number of ether oxygens (including phenoxy) is 3. The van der Waals surface area contributed by atoms with Crippen LogP contribution in [0.4, 0.5) is 0 Å². The normalized spacial score (nSPS) is 15.2. The molecule has 1 saturated heterocycles. The van der Waals surface area contributed by atoms with E-state index in [1.54, 1.807) is 7.11 Å². The van der Waals surface area contributed by atoms with Gasteiger partial charge < -0.3 is 19.1 Å². The molecule has 0 saturated carbocycles. The number of piperidine rings is 1. The lowest BCUT2D eigenvalue weighted by atomic mass is 9.99. The molecule has 1 aliphatic heterocycles. The second-order valence-corrected chi connectivity index (χ2v) is 9.19. The zero-order chi connectivity index (χ0) is 22.8. The number of nitrogens with zero attached hydrogens (tertiary/aromatic N) is 2. The number of methoxy groups -OCH3 is 1. The monoisotopic (exact) mass is 460 g/mol. The van der Waals surface area contributed by atoms with Gasteiger partial charge in [0, 0.05) is 24.7 Å². The van der Waals surface area contributed by atoms with Crippen LogP contribution in [0.1, 0.15) is 31.7 Å². The van der Waals surface area contributed by atoms with E-state index in [9.17, 15) is 0 Å². The van der Waals surface area contributed by atoms with Crippen LogP contribution in [-0.4, -0.2) is 63.4 Å². The molecule has 0 aliphatic carbocycles. The van der Waals surface area contributed by atoms with Crippen molar-refractivity contribution in [2.75, 3.05) is 53.6 Å². The molecule has 1 heterocycles. The van der Waals surface area contributed by atoms with Crippen molar-refractivity contribution in [2.24, 2.45) is 5.92 Å². The van der Waals surface area contributed by atoms with E-state index >= 15 is 0 Å². The van der Waals surface area contributed by atoms with Gasteiger partial charge in [0.25, 0.3) is 0 Å². The lowest BCUT2D eigenvalue weighted by Crippen LogP contribution is -2.35. The van der Waals surface area contributed by atoms with Crippen molar-refractivity contribution < 1.29 is 14.2 Å². The number of halogens is 1. The molecule has 0 bridgehead atoms. The topological polar surface area (TPSA) is 34.2 Å². The maximum atomic E-state index is 6.04. The molecular formula is C26H37ClN2O3. The molecule has 0 spiro atoms. The summed E-state index contributed by atoms with van der Waals surface area (Å²) in [7, 11) is 3.82. The molecule has 0 radical (unpaired) electrons. The molecule has 1 fully saturated rings. The maximum Gasteiger partial charge on any atom is 0.161 e. The first kappa shape index (κ1) is 24.7. The van der Waals surface area contributed by atoms with Crippen molar-refractivity contribution in [3.05, 3.63) is 53.1 Å². The zero-order valence-corrected chi connectivity index (χ0v) is 20.4. The Labute approximate surface area is 198 Å². The van der Waals surface area contributed by atoms with Crippen molar-refractivity contribution in [3.8, 4) is 17.2 Å². The van der Waals surface area contributed by atoms with Crippen LogP contribution in [0, 0.1) is 5.92 Å². The van der Waals surface area contributed by atoms with Gasteiger partial charge in [-0.1, -0.05) is 30.7 Å². The summed E-state index contributed by atoms with van der Waals surface area (Å²) in [5.74, 6) is 3.29. The van der Waals surface area contributed by atoms with E-state index in [2.05, 4.69) is 35.9 Å². The Morgan fingerprint density at radius 2 is 1.84 bits per heavy atom. The first-order chi connectivity index (χ1) is 15.5. The Hall–Kier alpha value is -1.95. The smallest absolute Gasteiger partial charge is 0.161 e. The van der Waals surface area contributed by atoms with Gasteiger partial charge in [-0.05, 0) is 81.2 Å². The average molecular weight is 461 g/mol. The summed E-state index contributed by atoms with van der Waals surface area (Å²) in [4.78, 5) is 4.78. The highest BCUT2D eigenvalue weighted by molar-refractivity contribution is 6.30. The summed E-state index contributed by atoms with van der Waals surface area (Å²) in [5, 5.41) is 0.696. The Morgan fingerprint density at radius 1 is 1.03 bits per heavy atom. The minimum Gasteiger partial charge on any atom is -0.493 e. The highest BCUT2D eigenvalue weighted by Gasteiger charge is 2.15. The molecule has 2 aromatic carbocycles. The third-order valence-corrected chi connectivity index (χ3v) is 6.21. The van der Waals surface area contributed by atoms with Gasteiger partial charge in [0.2, 0.25) is 0 Å². The van der Waals surface area contributed by atoms with Crippen LogP contribution in [-0.2, 0) is 6.54 Å². The van der Waals surface area contributed by atoms with E-state index < -0.39 is 0 Å². The predicted octanol–water partition coefficient (Wildman–Crippen LogP) is 5.36. The molecule has 2 aromatic rings. The second-order valence-electron chi connectivity index (χ2n) is 8.76. The number of hydrogen-bond donors (Lipinski definition) is 0. The summed E-state index contributed by atoms with van der Waals surface area (Å²) in [6.45, 7) is 8.81. The summed E-state index contributed by atoms with van der Waals surface area (Å²) in [6.07, 6.45) is 3.52. The number of likely N-dealkylation sites (tertiary alicyclic amines) is 1. The van der Waals surface area contributed by atoms with Crippen molar-refractivity contribution >= 4 is 11.6 Å². The first-order valence-corrected chi connectivity index (χ1v) is 12.0. The Morgan fingerprint density at radius 3 is 2.59 bits per heavy atom. The minimum atomic E-state index is 0.663. The van der Waals surface area contributed by atoms with Crippen molar-refractivity contribution in [2.45, 2.75) is 32.7 Å². The van der Waals surface area contributed by atoms with Gasteiger partial charge >= 0.3 is 0 Å². The maximum absolute atomic E-state index is 6.04. The summed E-state index contributed by atoms with van der Waals surface area (Å²) >= 11 is 5.99. The lowest BCUT2D eigenvalue weighted by molar-refractivity contribution is 0.158. The zero-order valence-electron chi connectivity index (χ0n) is 19.7. The summed E-state index contributed by atoms with van der Waals surface area (Å²) in [6, 6.07) is 13.8. The molecule has 176 valence electrons. The van der Waals surface area contributed by atoms with Gasteiger partial charge in [0.15, 0.2) is 11.5 Å². The SMILES string of the molecule is COc1cc(CN(C)CCCOc2cccc(Cl)c2)ccc1OCCN1CCC(C)CC1. The Bertz CT molecular complexity index is 824. The van der Waals surface area contributed by atoms with E-state index in [4.69, 9.17) is 25.8 Å². The molecule has 0 atom stereocenters. The largest absolute Gasteiger partial charge is 0.493 e. The van der Waals surface area contributed by atoms with E-state index in [0.717, 1.165) is 49.2 Å². The van der Waals surface area contributed by atoms with E-state index in [-0.39, 0.29) is 0 Å². The van der Waals surface area contributed by atoms with Crippen molar-refractivity contribution in [3.63, 3.8) is 0 Å². The lowest BCUT2D eigenvalue weighted by Gasteiger charge is -2.30. The predicted molar refractivity (Wildman–Crippen MR) is 131 cm³/mol. The molecule has 0 unspecified atom stereocenters. The van der Waals surface area contributed by atoms with Crippen molar-refractivity contribution in [1.82, 2.24) is 9.80 Å². The summed E-state index contributed by atoms with van der Waals surface area (Å²) in [5.41, 5.74) is 1.21. The van der Waals surface area contributed by atoms with Crippen LogP contribution < -0.4 is 14.2 Å². The number of hydrogen-bond acceptors (Lipinski definition) is 5. The van der Waals surface area contributed by atoms with Gasteiger partial charge in [0.05, 0.1) is 13.7 Å². The van der Waals surface area contributed by atoms with E-state index in [1.807, 2.05) is 30.3 Å². The number of benzene rings is 2. The fraction of sp³-hybridized carbons (Fsp3) is 0.538. The van der Waals surface area contributed by atoms with Crippen molar-refractivity contribution in [1.29, 1.82) is 0 Å². The highest BCUT2D eigenvalue weighted by Crippen LogP contribution is 2.28. The highest BCUT2D eigenvalue weighted by atomic mass is 35.5. The fourth-order valence-electron chi connectivity index (χ4n) is 3.97. The second kappa shape index (κ2) is 12.9. The van der Waals surface area contributed by atoms with Gasteiger partial charge in [-0.25, -0.2) is 0 Å². The van der Waals surface area contributed by atoms with Gasteiger partial charge in [-0.2, -0.15) is 0 Å². The number of rotatable bonds is 12. The molecule has 32 heavy (non-hydrogen) atoms. The van der Waals surface area contributed by atoms with E-state index in [0.29, 0.717) is 18.2 Å². The third kappa shape index (κ3) is 8.19. The molecule has 0 N–H and O–H groups in total. The van der Waals surface area contributed by atoms with Crippen LogP contribution in [0.15, 0.2) is 42.5 Å². The van der Waals surface area contributed by atoms with Crippen LogP contribution in [0.3, 0.4) is 0 Å².